The van der Waals surface area contributed by atoms with E-state index in [1.165, 1.54) is 6.20 Å². The van der Waals surface area contributed by atoms with E-state index in [1.54, 1.807) is 31.4 Å². The van der Waals surface area contributed by atoms with Crippen molar-refractivity contribution in [3.05, 3.63) is 47.8 Å². The van der Waals surface area contributed by atoms with Gasteiger partial charge in [0, 0.05) is 51.1 Å². The molecule has 0 N–H and O–H groups in total. The zero-order valence-corrected chi connectivity index (χ0v) is 16.5. The van der Waals surface area contributed by atoms with Crippen LogP contribution in [0.2, 0.25) is 0 Å². The average molecular weight is 410 g/mol. The number of rotatable bonds is 6. The number of carbonyl (C=O) groups excluding carboxylic acids is 1. The van der Waals surface area contributed by atoms with Crippen molar-refractivity contribution in [3.8, 4) is 5.69 Å². The highest BCUT2D eigenvalue weighted by Gasteiger charge is 2.33. The van der Waals surface area contributed by atoms with E-state index in [4.69, 9.17) is 4.74 Å². The minimum Gasteiger partial charge on any atom is -0.383 e. The number of halogens is 3. The highest BCUT2D eigenvalue weighted by atomic mass is 19.4. The number of piperazine rings is 1. The van der Waals surface area contributed by atoms with Crippen LogP contribution < -0.4 is 0 Å². The first-order valence-electron chi connectivity index (χ1n) is 9.59. The third kappa shape index (κ3) is 4.97. The second kappa shape index (κ2) is 8.96. The molecule has 1 aromatic carbocycles. The lowest BCUT2D eigenvalue weighted by atomic mass is 10.1. The Hall–Kier alpha value is -2.39. The fourth-order valence-corrected chi connectivity index (χ4v) is 3.53. The number of nitrogens with zero attached hydrogens (tertiary/aromatic N) is 4. The van der Waals surface area contributed by atoms with Crippen LogP contribution in [-0.2, 0) is 10.9 Å². The van der Waals surface area contributed by atoms with E-state index in [2.05, 4.69) is 16.9 Å². The summed E-state index contributed by atoms with van der Waals surface area (Å²) < 4.78 is 44.4. The topological polar surface area (TPSA) is 50.6 Å². The predicted octanol–water partition coefficient (Wildman–Crippen LogP) is 3.07. The van der Waals surface area contributed by atoms with Crippen LogP contribution in [0.5, 0.6) is 0 Å². The monoisotopic (exact) mass is 410 g/mol. The van der Waals surface area contributed by atoms with Crippen molar-refractivity contribution in [3.63, 3.8) is 0 Å². The van der Waals surface area contributed by atoms with Gasteiger partial charge in [-0.1, -0.05) is 6.92 Å². The van der Waals surface area contributed by atoms with Crippen molar-refractivity contribution in [1.29, 1.82) is 0 Å². The van der Waals surface area contributed by atoms with Gasteiger partial charge in [-0.05, 0) is 36.8 Å². The fraction of sp³-hybridized carbons (Fsp3) is 0.500. The number of ether oxygens (including phenoxy) is 1. The molecule has 29 heavy (non-hydrogen) atoms. The van der Waals surface area contributed by atoms with E-state index in [0.29, 0.717) is 30.9 Å². The van der Waals surface area contributed by atoms with Crippen LogP contribution in [0.1, 0.15) is 29.4 Å². The molecular formula is C20H25F3N4O2. The zero-order chi connectivity index (χ0) is 21.0. The van der Waals surface area contributed by atoms with Crippen molar-refractivity contribution in [2.75, 3.05) is 39.9 Å². The summed E-state index contributed by atoms with van der Waals surface area (Å²) in [7, 11) is 1.68. The Morgan fingerprint density at radius 2 is 1.93 bits per heavy atom. The number of carbonyl (C=O) groups is 1. The van der Waals surface area contributed by atoms with E-state index in [1.807, 2.05) is 4.90 Å². The van der Waals surface area contributed by atoms with Crippen LogP contribution in [0.15, 0.2) is 36.5 Å². The highest BCUT2D eigenvalue weighted by Crippen LogP contribution is 2.28. The maximum absolute atomic E-state index is 12.9. The Bertz CT molecular complexity index is 820. The number of alkyl halides is 3. The molecule has 9 heteroatoms. The van der Waals surface area contributed by atoms with Gasteiger partial charge in [-0.15, -0.1) is 0 Å². The van der Waals surface area contributed by atoms with Crippen molar-refractivity contribution in [1.82, 2.24) is 19.6 Å². The second-order valence-electron chi connectivity index (χ2n) is 7.03. The number of amides is 1. The Balaban J connectivity index is 1.67. The maximum Gasteiger partial charge on any atom is 0.435 e. The second-order valence-corrected chi connectivity index (χ2v) is 7.03. The van der Waals surface area contributed by atoms with Gasteiger partial charge in [0.2, 0.25) is 0 Å². The minimum absolute atomic E-state index is 0.0714. The molecule has 0 spiro atoms. The van der Waals surface area contributed by atoms with E-state index in [9.17, 15) is 18.0 Å². The molecule has 1 aliphatic rings. The molecule has 1 amide bonds. The molecule has 3 rings (SSSR count). The normalized spacial score (nSPS) is 18.2. The maximum atomic E-state index is 12.9. The van der Waals surface area contributed by atoms with Crippen LogP contribution in [0.25, 0.3) is 5.69 Å². The molecule has 1 aromatic heterocycles. The van der Waals surface area contributed by atoms with Gasteiger partial charge in [-0.3, -0.25) is 9.69 Å². The summed E-state index contributed by atoms with van der Waals surface area (Å²) in [4.78, 5) is 17.1. The third-order valence-electron chi connectivity index (χ3n) is 5.20. The van der Waals surface area contributed by atoms with E-state index in [-0.39, 0.29) is 11.9 Å². The molecule has 0 bridgehead atoms. The first-order valence-corrected chi connectivity index (χ1v) is 9.59. The fourth-order valence-electron chi connectivity index (χ4n) is 3.53. The lowest BCUT2D eigenvalue weighted by Gasteiger charge is -2.41. The van der Waals surface area contributed by atoms with Gasteiger partial charge in [0.1, 0.15) is 0 Å². The van der Waals surface area contributed by atoms with Crippen molar-refractivity contribution < 1.29 is 22.7 Å². The van der Waals surface area contributed by atoms with E-state index >= 15 is 0 Å². The molecule has 1 saturated heterocycles. The molecule has 2 heterocycles. The molecule has 0 saturated carbocycles. The molecule has 1 aliphatic heterocycles. The van der Waals surface area contributed by atoms with Gasteiger partial charge in [-0.2, -0.15) is 18.3 Å². The summed E-state index contributed by atoms with van der Waals surface area (Å²) in [5, 5.41) is 3.55. The van der Waals surface area contributed by atoms with Crippen LogP contribution in [0.4, 0.5) is 13.2 Å². The van der Waals surface area contributed by atoms with Gasteiger partial charge in [0.05, 0.1) is 12.3 Å². The van der Waals surface area contributed by atoms with Gasteiger partial charge in [-0.25, -0.2) is 4.68 Å². The summed E-state index contributed by atoms with van der Waals surface area (Å²) >= 11 is 0. The van der Waals surface area contributed by atoms with Crippen LogP contribution in [0, 0.1) is 0 Å². The van der Waals surface area contributed by atoms with Crippen LogP contribution in [-0.4, -0.2) is 71.4 Å². The van der Waals surface area contributed by atoms with Gasteiger partial charge >= 0.3 is 6.18 Å². The van der Waals surface area contributed by atoms with Crippen LogP contribution >= 0.6 is 0 Å². The third-order valence-corrected chi connectivity index (χ3v) is 5.20. The Kier molecular flexibility index (Phi) is 6.59. The van der Waals surface area contributed by atoms with Crippen LogP contribution in [0.3, 0.4) is 0 Å². The number of hydrogen-bond acceptors (Lipinski definition) is 4. The van der Waals surface area contributed by atoms with E-state index in [0.717, 1.165) is 30.3 Å². The summed E-state index contributed by atoms with van der Waals surface area (Å²) in [6.07, 6.45) is -2.29. The number of benzene rings is 1. The smallest absolute Gasteiger partial charge is 0.383 e. The standard InChI is InChI=1S/C20H25F3N4O2/c1-3-16-14-26(11-10-25(16)12-13-29-2)19(28)15-4-6-17(7-5-15)27-9-8-18(24-27)20(21,22)23/h4-9,16H,3,10-14H2,1-2H3. The Morgan fingerprint density at radius 3 is 2.52 bits per heavy atom. The van der Waals surface area contributed by atoms with Crippen molar-refractivity contribution >= 4 is 5.91 Å². The number of methoxy groups -OCH3 is 1. The Morgan fingerprint density at radius 1 is 1.21 bits per heavy atom. The summed E-state index contributed by atoms with van der Waals surface area (Å²) in [6, 6.07) is 7.67. The summed E-state index contributed by atoms with van der Waals surface area (Å²) in [5.41, 5.74) is 0.0274. The lowest BCUT2D eigenvalue weighted by molar-refractivity contribution is -0.141. The summed E-state index contributed by atoms with van der Waals surface area (Å²) in [5.74, 6) is -0.0714. The molecular weight excluding hydrogens is 385 g/mol. The van der Waals surface area contributed by atoms with E-state index < -0.39 is 11.9 Å². The van der Waals surface area contributed by atoms with Gasteiger partial charge < -0.3 is 9.64 Å². The summed E-state index contributed by atoms with van der Waals surface area (Å²) in [6.45, 7) is 5.68. The quantitative estimate of drug-likeness (QED) is 0.735. The molecule has 2 aromatic rings. The lowest BCUT2D eigenvalue weighted by Crippen LogP contribution is -2.55. The zero-order valence-electron chi connectivity index (χ0n) is 16.5. The molecule has 1 unspecified atom stereocenters. The number of aromatic nitrogens is 2. The first kappa shape index (κ1) is 21.3. The molecule has 158 valence electrons. The Labute approximate surface area is 167 Å². The van der Waals surface area contributed by atoms with Gasteiger partial charge in [0.15, 0.2) is 5.69 Å². The molecule has 1 atom stereocenters. The van der Waals surface area contributed by atoms with Gasteiger partial charge in [0.25, 0.3) is 5.91 Å². The molecule has 0 aliphatic carbocycles. The molecule has 1 fully saturated rings. The average Bonchev–Trinajstić information content (AvgIpc) is 3.22. The first-order chi connectivity index (χ1) is 13.8. The SMILES string of the molecule is CCC1CN(C(=O)c2ccc(-n3ccc(C(F)(F)F)n3)cc2)CCN1CCOC. The molecule has 6 nitrogen and oxygen atoms in total. The minimum atomic E-state index is -4.48. The van der Waals surface area contributed by atoms with Crippen molar-refractivity contribution in [2.45, 2.75) is 25.6 Å². The predicted molar refractivity (Wildman–Crippen MR) is 102 cm³/mol. The largest absolute Gasteiger partial charge is 0.435 e. The molecule has 0 radical (unpaired) electrons. The highest BCUT2D eigenvalue weighted by molar-refractivity contribution is 5.94. The van der Waals surface area contributed by atoms with Crippen molar-refractivity contribution in [2.24, 2.45) is 0 Å². The number of hydrogen-bond donors (Lipinski definition) is 0.